The van der Waals surface area contributed by atoms with Crippen molar-refractivity contribution in [3.8, 4) is 5.88 Å². The van der Waals surface area contributed by atoms with E-state index in [9.17, 15) is 0 Å². The molecule has 0 radical (unpaired) electrons. The molecular formula is C15H18BrN3O. The number of rotatable bonds is 6. The van der Waals surface area contributed by atoms with Crippen LogP contribution < -0.4 is 9.64 Å². The lowest BCUT2D eigenvalue weighted by Crippen LogP contribution is -2.27. The van der Waals surface area contributed by atoms with E-state index in [4.69, 9.17) is 4.74 Å². The fraction of sp³-hybridized carbons (Fsp3) is 0.333. The molecule has 0 fully saturated rings. The lowest BCUT2D eigenvalue weighted by molar-refractivity contribution is 0.396. The van der Waals surface area contributed by atoms with E-state index in [1.807, 2.05) is 31.2 Å². The Morgan fingerprint density at radius 1 is 1.20 bits per heavy atom. The van der Waals surface area contributed by atoms with Gasteiger partial charge in [-0.3, -0.25) is 0 Å². The molecule has 1 heterocycles. The van der Waals surface area contributed by atoms with E-state index in [0.29, 0.717) is 11.8 Å². The molecule has 0 amide bonds. The quantitative estimate of drug-likeness (QED) is 0.760. The summed E-state index contributed by atoms with van der Waals surface area (Å²) in [4.78, 5) is 11.1. The molecule has 0 aliphatic rings. The zero-order valence-corrected chi connectivity index (χ0v) is 13.3. The molecule has 2 aromatic rings. The Labute approximate surface area is 127 Å². The van der Waals surface area contributed by atoms with Gasteiger partial charge in [-0.05, 0) is 12.5 Å². The number of aromatic nitrogens is 2. The molecule has 106 valence electrons. The Kier molecular flexibility index (Phi) is 5.35. The molecule has 1 aromatic carbocycles. The van der Waals surface area contributed by atoms with Crippen molar-refractivity contribution < 1.29 is 4.74 Å². The summed E-state index contributed by atoms with van der Waals surface area (Å²) in [6.07, 6.45) is 0. The molecule has 1 aromatic heterocycles. The largest absolute Gasteiger partial charge is 0.481 e. The number of methoxy groups -OCH3 is 1. The minimum atomic E-state index is 0.597. The van der Waals surface area contributed by atoms with Crippen molar-refractivity contribution in [1.29, 1.82) is 0 Å². The molecule has 0 saturated heterocycles. The molecule has 0 aliphatic carbocycles. The number of halogens is 1. The number of aryl methyl sites for hydroxylation is 1. The number of benzene rings is 1. The lowest BCUT2D eigenvalue weighted by Gasteiger charge is -2.22. The summed E-state index contributed by atoms with van der Waals surface area (Å²) in [5.41, 5.74) is 2.14. The molecule has 2 rings (SSSR count). The zero-order valence-electron chi connectivity index (χ0n) is 11.7. The topological polar surface area (TPSA) is 38.2 Å². The van der Waals surface area contributed by atoms with Gasteiger partial charge in [-0.25, -0.2) is 4.98 Å². The molecule has 4 nitrogen and oxygen atoms in total. The Morgan fingerprint density at radius 2 is 1.95 bits per heavy atom. The van der Waals surface area contributed by atoms with Gasteiger partial charge in [-0.2, -0.15) is 4.98 Å². The highest BCUT2D eigenvalue weighted by Crippen LogP contribution is 2.17. The maximum Gasteiger partial charge on any atom is 0.229 e. The number of ether oxygens (including phenoxy) is 1. The summed E-state index contributed by atoms with van der Waals surface area (Å²) in [5, 5.41) is 0.861. The fourth-order valence-electron chi connectivity index (χ4n) is 1.93. The van der Waals surface area contributed by atoms with E-state index in [2.05, 4.69) is 42.9 Å². The van der Waals surface area contributed by atoms with Crippen molar-refractivity contribution in [3.63, 3.8) is 0 Å². The third-order valence-electron chi connectivity index (χ3n) is 2.88. The minimum absolute atomic E-state index is 0.597. The van der Waals surface area contributed by atoms with Crippen LogP contribution in [0.5, 0.6) is 5.88 Å². The van der Waals surface area contributed by atoms with Crippen LogP contribution >= 0.6 is 15.9 Å². The maximum absolute atomic E-state index is 5.22. The van der Waals surface area contributed by atoms with E-state index in [1.165, 1.54) is 5.56 Å². The fourth-order valence-corrected chi connectivity index (χ4v) is 2.35. The monoisotopic (exact) mass is 335 g/mol. The van der Waals surface area contributed by atoms with Gasteiger partial charge in [0.2, 0.25) is 11.8 Å². The van der Waals surface area contributed by atoms with Crippen molar-refractivity contribution in [2.45, 2.75) is 13.5 Å². The normalized spacial score (nSPS) is 10.3. The second-order valence-corrected chi connectivity index (χ2v) is 5.24. The molecule has 0 bridgehead atoms. The predicted molar refractivity (Wildman–Crippen MR) is 84.6 cm³/mol. The van der Waals surface area contributed by atoms with Crippen molar-refractivity contribution in [3.05, 3.63) is 47.7 Å². The van der Waals surface area contributed by atoms with Crippen LogP contribution in [0, 0.1) is 6.92 Å². The minimum Gasteiger partial charge on any atom is -0.481 e. The molecular weight excluding hydrogens is 318 g/mol. The van der Waals surface area contributed by atoms with Gasteiger partial charge in [-0.1, -0.05) is 46.3 Å². The van der Waals surface area contributed by atoms with Crippen LogP contribution in [0.3, 0.4) is 0 Å². The highest BCUT2D eigenvalue weighted by molar-refractivity contribution is 9.09. The number of nitrogens with zero attached hydrogens (tertiary/aromatic N) is 3. The summed E-state index contributed by atoms with van der Waals surface area (Å²) in [7, 11) is 1.62. The molecule has 0 atom stereocenters. The molecule has 0 aliphatic heterocycles. The molecule has 0 spiro atoms. The van der Waals surface area contributed by atoms with Crippen LogP contribution in [0.15, 0.2) is 36.4 Å². The van der Waals surface area contributed by atoms with E-state index < -0.39 is 0 Å². The summed E-state index contributed by atoms with van der Waals surface area (Å²) >= 11 is 3.49. The summed E-state index contributed by atoms with van der Waals surface area (Å²) < 4.78 is 5.22. The zero-order chi connectivity index (χ0) is 14.4. The number of hydrogen-bond acceptors (Lipinski definition) is 4. The van der Waals surface area contributed by atoms with Gasteiger partial charge in [0.05, 0.1) is 7.11 Å². The van der Waals surface area contributed by atoms with Gasteiger partial charge in [0.15, 0.2) is 0 Å². The van der Waals surface area contributed by atoms with Gasteiger partial charge in [0, 0.05) is 30.2 Å². The summed E-state index contributed by atoms with van der Waals surface area (Å²) in [6.45, 7) is 3.56. The number of alkyl halides is 1. The lowest BCUT2D eigenvalue weighted by atomic mass is 10.2. The highest BCUT2D eigenvalue weighted by atomic mass is 79.9. The third-order valence-corrected chi connectivity index (χ3v) is 3.24. The van der Waals surface area contributed by atoms with Crippen molar-refractivity contribution in [2.75, 3.05) is 23.9 Å². The van der Waals surface area contributed by atoms with Gasteiger partial charge in [0.25, 0.3) is 0 Å². The van der Waals surface area contributed by atoms with Crippen LogP contribution in [-0.4, -0.2) is 29.0 Å². The number of anilines is 1. The maximum atomic E-state index is 5.22. The standard InChI is InChI=1S/C15H18BrN3O/c1-12-10-14(20-2)18-15(17-12)19(9-8-16)11-13-6-4-3-5-7-13/h3-7,10H,8-9,11H2,1-2H3. The van der Waals surface area contributed by atoms with Gasteiger partial charge >= 0.3 is 0 Å². The third kappa shape index (κ3) is 3.93. The molecule has 20 heavy (non-hydrogen) atoms. The Balaban J connectivity index is 2.26. The van der Waals surface area contributed by atoms with Crippen LogP contribution in [-0.2, 0) is 6.54 Å². The van der Waals surface area contributed by atoms with Crippen molar-refractivity contribution >= 4 is 21.9 Å². The Morgan fingerprint density at radius 3 is 2.60 bits per heavy atom. The first kappa shape index (κ1) is 14.8. The SMILES string of the molecule is COc1cc(C)nc(N(CCBr)Cc2ccccc2)n1. The average Bonchev–Trinajstić information content (AvgIpc) is 2.47. The van der Waals surface area contributed by atoms with Gasteiger partial charge in [0.1, 0.15) is 0 Å². The van der Waals surface area contributed by atoms with E-state index in [-0.39, 0.29) is 0 Å². The number of hydrogen-bond donors (Lipinski definition) is 0. The Hall–Kier alpha value is -1.62. The highest BCUT2D eigenvalue weighted by Gasteiger charge is 2.12. The van der Waals surface area contributed by atoms with Crippen LogP contribution in [0.2, 0.25) is 0 Å². The molecule has 0 saturated carbocycles. The molecule has 0 N–H and O–H groups in total. The van der Waals surface area contributed by atoms with Crippen LogP contribution in [0.25, 0.3) is 0 Å². The van der Waals surface area contributed by atoms with Crippen molar-refractivity contribution in [2.24, 2.45) is 0 Å². The van der Waals surface area contributed by atoms with E-state index in [0.717, 1.165) is 24.1 Å². The first-order valence-electron chi connectivity index (χ1n) is 6.47. The van der Waals surface area contributed by atoms with E-state index in [1.54, 1.807) is 7.11 Å². The summed E-state index contributed by atoms with van der Waals surface area (Å²) in [6, 6.07) is 12.1. The van der Waals surface area contributed by atoms with Crippen LogP contribution in [0.1, 0.15) is 11.3 Å². The smallest absolute Gasteiger partial charge is 0.229 e. The average molecular weight is 336 g/mol. The second-order valence-electron chi connectivity index (χ2n) is 4.45. The first-order valence-corrected chi connectivity index (χ1v) is 7.59. The Bertz CT molecular complexity index is 548. The van der Waals surface area contributed by atoms with Crippen molar-refractivity contribution in [1.82, 2.24) is 9.97 Å². The van der Waals surface area contributed by atoms with E-state index >= 15 is 0 Å². The van der Waals surface area contributed by atoms with Crippen LogP contribution in [0.4, 0.5) is 5.95 Å². The second kappa shape index (κ2) is 7.24. The predicted octanol–water partition coefficient (Wildman–Crippen LogP) is 3.20. The summed E-state index contributed by atoms with van der Waals surface area (Å²) in [5.74, 6) is 1.30. The molecule has 5 heteroatoms. The van der Waals surface area contributed by atoms with Gasteiger partial charge in [-0.15, -0.1) is 0 Å². The molecule has 0 unspecified atom stereocenters. The first-order chi connectivity index (χ1) is 9.72. The van der Waals surface area contributed by atoms with Gasteiger partial charge < -0.3 is 9.64 Å².